The molecule has 2 saturated carbocycles. The average Bonchev–Trinajstić information content (AvgIpc) is 3.03. The van der Waals surface area contributed by atoms with E-state index in [-0.39, 0.29) is 11.5 Å². The van der Waals surface area contributed by atoms with E-state index in [2.05, 4.69) is 19.6 Å². The lowest BCUT2D eigenvalue weighted by atomic mass is 9.50. The van der Waals surface area contributed by atoms with E-state index >= 15 is 0 Å². The minimum absolute atomic E-state index is 0.113. The van der Waals surface area contributed by atoms with E-state index in [0.29, 0.717) is 23.5 Å². The Morgan fingerprint density at radius 3 is 2.50 bits per heavy atom. The minimum atomic E-state index is -0.113. The Labute approximate surface area is 173 Å². The van der Waals surface area contributed by atoms with Crippen molar-refractivity contribution in [3.63, 3.8) is 0 Å². The number of hydrogen-bond donors (Lipinski definition) is 1. The number of fused-ring (bicyclic) bond motifs is 4. The zero-order chi connectivity index (χ0) is 20.9. The van der Waals surface area contributed by atoms with Gasteiger partial charge in [-0.25, -0.2) is 0 Å². The molecule has 4 rings (SSSR count). The van der Waals surface area contributed by atoms with Gasteiger partial charge in [0.05, 0.1) is 6.10 Å². The molecule has 2 nitrogen and oxygen atoms in total. The van der Waals surface area contributed by atoms with Gasteiger partial charge in [-0.3, -0.25) is 4.79 Å². The topological polar surface area (TPSA) is 37.3 Å². The van der Waals surface area contributed by atoms with Crippen molar-refractivity contribution in [3.8, 4) is 0 Å². The monoisotopic (exact) mass is 388 g/mol. The van der Waals surface area contributed by atoms with Gasteiger partial charge in [-0.05, 0) is 80.5 Å². The second-order valence-electron chi connectivity index (χ2n) is 9.11. The lowest BCUT2D eigenvalue weighted by Crippen LogP contribution is -2.49. The molecule has 160 valence electrons. The smallest absolute Gasteiger partial charge is 0.137 e. The van der Waals surface area contributed by atoms with Crippen LogP contribution in [0.1, 0.15) is 98.8 Å². The van der Waals surface area contributed by atoms with Crippen LogP contribution < -0.4 is 0 Å². The molecule has 0 radical (unpaired) electrons. The van der Waals surface area contributed by atoms with Crippen LogP contribution in [0.3, 0.4) is 0 Å². The quantitative estimate of drug-likeness (QED) is 0.535. The molecule has 0 aromatic heterocycles. The van der Waals surface area contributed by atoms with Crippen LogP contribution in [0.4, 0.5) is 0 Å². The molecule has 0 amide bonds. The lowest BCUT2D eigenvalue weighted by Gasteiger charge is -2.55. The first-order valence-corrected chi connectivity index (χ1v) is 12.1. The van der Waals surface area contributed by atoms with Gasteiger partial charge in [0.25, 0.3) is 0 Å². The number of aliphatic hydroxyl groups is 1. The summed E-state index contributed by atoms with van der Waals surface area (Å²) in [6, 6.07) is 0. The fourth-order valence-electron chi connectivity index (χ4n) is 6.95. The van der Waals surface area contributed by atoms with E-state index < -0.39 is 0 Å². The van der Waals surface area contributed by atoms with E-state index in [1.54, 1.807) is 5.57 Å². The lowest BCUT2D eigenvalue weighted by molar-refractivity contribution is -0.119. The first kappa shape index (κ1) is 23.4. The van der Waals surface area contributed by atoms with Gasteiger partial charge in [0.1, 0.15) is 5.78 Å². The van der Waals surface area contributed by atoms with Crippen LogP contribution in [0.25, 0.3) is 0 Å². The van der Waals surface area contributed by atoms with Crippen LogP contribution in [0.15, 0.2) is 23.8 Å². The van der Waals surface area contributed by atoms with Crippen molar-refractivity contribution in [2.75, 3.05) is 0 Å². The van der Waals surface area contributed by atoms with Gasteiger partial charge >= 0.3 is 0 Å². The maximum Gasteiger partial charge on any atom is 0.137 e. The van der Waals surface area contributed by atoms with E-state index in [1.807, 2.05) is 27.7 Å². The molecule has 0 heterocycles. The molecule has 2 heteroatoms. The Bertz CT molecular complexity index is 575. The number of allylic oxidation sites excluding steroid dienone is 3. The summed E-state index contributed by atoms with van der Waals surface area (Å²) in [5.74, 6) is 3.23. The Kier molecular flexibility index (Phi) is 8.55. The zero-order valence-electron chi connectivity index (χ0n) is 19.1. The van der Waals surface area contributed by atoms with Crippen molar-refractivity contribution in [2.24, 2.45) is 29.1 Å². The number of carbonyl (C=O) groups is 1. The van der Waals surface area contributed by atoms with Gasteiger partial charge in [-0.2, -0.15) is 0 Å². The molecule has 6 atom stereocenters. The molecule has 28 heavy (non-hydrogen) atoms. The molecular formula is C26H44O2. The summed E-state index contributed by atoms with van der Waals surface area (Å²) in [5, 5.41) is 10.7. The van der Waals surface area contributed by atoms with E-state index in [4.69, 9.17) is 0 Å². The fraction of sp³-hybridized carbons (Fsp3) is 0.808. The van der Waals surface area contributed by atoms with Crippen LogP contribution >= 0.6 is 0 Å². The van der Waals surface area contributed by atoms with Gasteiger partial charge in [-0.1, -0.05) is 51.8 Å². The van der Waals surface area contributed by atoms with E-state index in [9.17, 15) is 9.90 Å². The number of Topliss-reactive ketones (excluding diaryl/α,β-unsaturated/α-hetero) is 1. The highest BCUT2D eigenvalue weighted by Crippen LogP contribution is 2.63. The van der Waals surface area contributed by atoms with E-state index in [0.717, 1.165) is 44.4 Å². The third-order valence-electron chi connectivity index (χ3n) is 8.01. The fourth-order valence-corrected chi connectivity index (χ4v) is 6.95. The standard InChI is InChI=1S/C22H32O2.2C2H6/c1-3-4-5-15-13-22(2)19(10-11-20(22)24)18-8-6-14-12-16(23)7-9-17(14)21(15)18;2*1-2/h3,15,18-21,24H,1,4-13H2,2H3;2*1-2H3. The van der Waals surface area contributed by atoms with Crippen molar-refractivity contribution >= 4 is 5.78 Å². The maximum atomic E-state index is 11.9. The van der Waals surface area contributed by atoms with Gasteiger partial charge in [0.2, 0.25) is 0 Å². The summed E-state index contributed by atoms with van der Waals surface area (Å²) < 4.78 is 0. The Morgan fingerprint density at radius 2 is 1.82 bits per heavy atom. The molecule has 6 unspecified atom stereocenters. The number of ketones is 1. The average molecular weight is 389 g/mol. The molecule has 0 spiro atoms. The molecule has 1 N–H and O–H groups in total. The van der Waals surface area contributed by atoms with Gasteiger partial charge < -0.3 is 5.11 Å². The molecule has 0 aliphatic heterocycles. The van der Waals surface area contributed by atoms with Crippen LogP contribution in [0.2, 0.25) is 0 Å². The molecule has 0 aromatic carbocycles. The molecule has 4 aliphatic carbocycles. The van der Waals surface area contributed by atoms with Crippen molar-refractivity contribution in [1.29, 1.82) is 0 Å². The maximum absolute atomic E-state index is 11.9. The first-order chi connectivity index (χ1) is 13.5. The Hall–Kier alpha value is -0.890. The van der Waals surface area contributed by atoms with Crippen LogP contribution in [0, 0.1) is 29.1 Å². The molecule has 0 saturated heterocycles. The zero-order valence-corrected chi connectivity index (χ0v) is 19.1. The largest absolute Gasteiger partial charge is 0.393 e. The van der Waals surface area contributed by atoms with Crippen LogP contribution in [0.5, 0.6) is 0 Å². The van der Waals surface area contributed by atoms with Crippen molar-refractivity contribution in [3.05, 3.63) is 23.8 Å². The van der Waals surface area contributed by atoms with Gasteiger partial charge in [0.15, 0.2) is 0 Å². The second-order valence-corrected chi connectivity index (χ2v) is 9.11. The summed E-state index contributed by atoms with van der Waals surface area (Å²) >= 11 is 0. The predicted molar refractivity (Wildman–Crippen MR) is 119 cm³/mol. The predicted octanol–water partition coefficient (Wildman–Crippen LogP) is 6.88. The number of aliphatic hydroxyl groups excluding tert-OH is 1. The summed E-state index contributed by atoms with van der Waals surface area (Å²) in [6.45, 7) is 14.3. The molecule has 0 aromatic rings. The van der Waals surface area contributed by atoms with Crippen molar-refractivity contribution < 1.29 is 9.90 Å². The first-order valence-electron chi connectivity index (χ1n) is 12.1. The summed E-state index contributed by atoms with van der Waals surface area (Å²) in [6.07, 6.45) is 12.5. The Morgan fingerprint density at radius 1 is 1.11 bits per heavy atom. The Balaban J connectivity index is 0.000000660. The molecular weight excluding hydrogens is 344 g/mol. The van der Waals surface area contributed by atoms with Crippen molar-refractivity contribution in [2.45, 2.75) is 105 Å². The highest BCUT2D eigenvalue weighted by atomic mass is 16.3. The number of hydrogen-bond acceptors (Lipinski definition) is 2. The second kappa shape index (κ2) is 10.2. The highest BCUT2D eigenvalue weighted by Gasteiger charge is 2.57. The minimum Gasteiger partial charge on any atom is -0.393 e. The van der Waals surface area contributed by atoms with Crippen LogP contribution in [-0.4, -0.2) is 17.0 Å². The third kappa shape index (κ3) is 4.18. The highest BCUT2D eigenvalue weighted by molar-refractivity contribution is 5.82. The summed E-state index contributed by atoms with van der Waals surface area (Å²) in [5.41, 5.74) is 3.29. The third-order valence-corrected chi connectivity index (χ3v) is 8.01. The normalized spacial score (nSPS) is 38.8. The van der Waals surface area contributed by atoms with E-state index in [1.165, 1.54) is 31.3 Å². The van der Waals surface area contributed by atoms with Crippen LogP contribution in [-0.2, 0) is 4.79 Å². The number of carbonyl (C=O) groups excluding carboxylic acids is 1. The summed E-state index contributed by atoms with van der Waals surface area (Å²) in [7, 11) is 0. The molecule has 0 bridgehead atoms. The van der Waals surface area contributed by atoms with Gasteiger partial charge in [0, 0.05) is 12.8 Å². The number of rotatable bonds is 3. The SMILES string of the molecule is C=CCCC1CC2(C)C(O)CCC2C2CCC3=C(CCC(=O)C3)C12.CC.CC. The summed E-state index contributed by atoms with van der Waals surface area (Å²) in [4.78, 5) is 11.9. The molecule has 4 aliphatic rings. The molecule has 2 fully saturated rings. The van der Waals surface area contributed by atoms with Crippen molar-refractivity contribution in [1.82, 2.24) is 0 Å². The van der Waals surface area contributed by atoms with Gasteiger partial charge in [-0.15, -0.1) is 6.58 Å².